The molecule has 5 heteroatoms. The highest BCUT2D eigenvalue weighted by molar-refractivity contribution is 6.33. The molecule has 0 bridgehead atoms. The lowest BCUT2D eigenvalue weighted by molar-refractivity contribution is 0.589. The maximum Gasteiger partial charge on any atom is 0.0639 e. The van der Waals surface area contributed by atoms with Crippen LogP contribution in [0.2, 0.25) is 5.02 Å². The second-order valence-corrected chi connectivity index (χ2v) is 3.60. The van der Waals surface area contributed by atoms with Crippen molar-refractivity contribution in [1.29, 1.82) is 0 Å². The van der Waals surface area contributed by atoms with Crippen molar-refractivity contribution in [3.8, 4) is 0 Å². The molecule has 86 valence electrons. The number of benzene rings is 1. The number of piperazine rings is 1. The number of para-hydroxylation sites is 1. The van der Waals surface area contributed by atoms with Crippen LogP contribution in [0.3, 0.4) is 0 Å². The number of halogens is 3. The van der Waals surface area contributed by atoms with E-state index < -0.39 is 0 Å². The third-order valence-electron chi connectivity index (χ3n) is 2.31. The summed E-state index contributed by atoms with van der Waals surface area (Å²) < 4.78 is 0. The van der Waals surface area contributed by atoms with Gasteiger partial charge in [-0.3, -0.25) is 0 Å². The maximum absolute atomic E-state index is 6.10. The van der Waals surface area contributed by atoms with E-state index in [4.69, 9.17) is 11.6 Å². The maximum atomic E-state index is 6.10. The molecule has 0 radical (unpaired) electrons. The zero-order valence-corrected chi connectivity index (χ0v) is 10.7. The summed E-state index contributed by atoms with van der Waals surface area (Å²) in [6.45, 7) is 4.18. The molecule has 0 saturated carbocycles. The van der Waals surface area contributed by atoms with E-state index in [0.29, 0.717) is 0 Å². The molecular formula is C10H15Cl3N2. The number of hydrogen-bond acceptors (Lipinski definition) is 2. The zero-order chi connectivity index (χ0) is 9.10. The Morgan fingerprint density at radius 2 is 1.67 bits per heavy atom. The number of hydrogen-bond donors (Lipinski definition) is 1. The Morgan fingerprint density at radius 3 is 2.27 bits per heavy atom. The third-order valence-corrected chi connectivity index (χ3v) is 2.63. The second-order valence-electron chi connectivity index (χ2n) is 3.19. The molecule has 1 N–H and O–H groups in total. The molecule has 1 aliphatic heterocycles. The van der Waals surface area contributed by atoms with Gasteiger partial charge >= 0.3 is 0 Å². The summed E-state index contributed by atoms with van der Waals surface area (Å²) in [7, 11) is 0. The Hall–Kier alpha value is -0.150. The van der Waals surface area contributed by atoms with Gasteiger partial charge in [0.15, 0.2) is 0 Å². The lowest BCUT2D eigenvalue weighted by Crippen LogP contribution is -2.43. The molecule has 0 aromatic heterocycles. The van der Waals surface area contributed by atoms with Crippen LogP contribution in [0.15, 0.2) is 24.3 Å². The van der Waals surface area contributed by atoms with Crippen LogP contribution in [0.25, 0.3) is 0 Å². The molecule has 0 amide bonds. The first-order chi connectivity index (χ1) is 6.38. The van der Waals surface area contributed by atoms with E-state index in [1.807, 2.05) is 18.2 Å². The summed E-state index contributed by atoms with van der Waals surface area (Å²) in [5.41, 5.74) is 1.16. The Morgan fingerprint density at radius 1 is 1.07 bits per heavy atom. The number of rotatable bonds is 1. The van der Waals surface area contributed by atoms with Gasteiger partial charge in [-0.1, -0.05) is 23.7 Å². The highest BCUT2D eigenvalue weighted by Gasteiger charge is 2.11. The highest BCUT2D eigenvalue weighted by Crippen LogP contribution is 2.24. The Balaban J connectivity index is 0.000000980. The molecule has 2 nitrogen and oxygen atoms in total. The van der Waals surface area contributed by atoms with Crippen molar-refractivity contribution in [3.63, 3.8) is 0 Å². The van der Waals surface area contributed by atoms with Crippen molar-refractivity contribution in [2.45, 2.75) is 0 Å². The quantitative estimate of drug-likeness (QED) is 0.843. The summed E-state index contributed by atoms with van der Waals surface area (Å²) in [6, 6.07) is 8.02. The van der Waals surface area contributed by atoms with Gasteiger partial charge in [0.25, 0.3) is 0 Å². The van der Waals surface area contributed by atoms with E-state index in [9.17, 15) is 0 Å². The summed E-state index contributed by atoms with van der Waals surface area (Å²) in [6.07, 6.45) is 0. The van der Waals surface area contributed by atoms with Crippen LogP contribution < -0.4 is 10.2 Å². The number of nitrogens with one attached hydrogen (secondary N) is 1. The van der Waals surface area contributed by atoms with Gasteiger partial charge < -0.3 is 10.2 Å². The van der Waals surface area contributed by atoms with Gasteiger partial charge in [-0.05, 0) is 12.1 Å². The predicted molar refractivity (Wildman–Crippen MR) is 71.0 cm³/mol. The summed E-state index contributed by atoms with van der Waals surface area (Å²) in [4.78, 5) is 2.32. The highest BCUT2D eigenvalue weighted by atomic mass is 35.5. The third kappa shape index (κ3) is 3.72. The van der Waals surface area contributed by atoms with Gasteiger partial charge in [0.05, 0.1) is 10.7 Å². The molecule has 1 fully saturated rings. The molecule has 0 aliphatic carbocycles. The monoisotopic (exact) mass is 268 g/mol. The SMILES string of the molecule is Cl.Cl.Clc1ccccc1N1CCNCC1. The average molecular weight is 270 g/mol. The fourth-order valence-electron chi connectivity index (χ4n) is 1.61. The Kier molecular flexibility index (Phi) is 7.11. The van der Waals surface area contributed by atoms with E-state index in [1.165, 1.54) is 0 Å². The smallest absolute Gasteiger partial charge is 0.0639 e. The first-order valence-electron chi connectivity index (χ1n) is 4.58. The lowest BCUT2D eigenvalue weighted by atomic mass is 10.2. The summed E-state index contributed by atoms with van der Waals surface area (Å²) in [5, 5.41) is 4.17. The van der Waals surface area contributed by atoms with Gasteiger partial charge in [-0.2, -0.15) is 0 Å². The molecule has 0 atom stereocenters. The first-order valence-corrected chi connectivity index (χ1v) is 4.96. The fourth-order valence-corrected chi connectivity index (χ4v) is 1.87. The van der Waals surface area contributed by atoms with Crippen LogP contribution in [-0.4, -0.2) is 26.2 Å². The average Bonchev–Trinajstić information content (AvgIpc) is 2.20. The zero-order valence-electron chi connectivity index (χ0n) is 8.28. The normalized spacial score (nSPS) is 15.1. The molecule has 1 aromatic rings. The second kappa shape index (κ2) is 7.18. The fraction of sp³-hybridized carbons (Fsp3) is 0.400. The number of nitrogens with zero attached hydrogens (tertiary/aromatic N) is 1. The molecule has 0 spiro atoms. The molecule has 1 aliphatic rings. The van der Waals surface area contributed by atoms with Crippen molar-refractivity contribution >= 4 is 42.1 Å². The molecule has 15 heavy (non-hydrogen) atoms. The van der Waals surface area contributed by atoms with Crippen molar-refractivity contribution in [3.05, 3.63) is 29.3 Å². The van der Waals surface area contributed by atoms with Crippen LogP contribution in [0.4, 0.5) is 5.69 Å². The predicted octanol–water partition coefficient (Wildman–Crippen LogP) is 2.59. The molecule has 1 heterocycles. The van der Waals surface area contributed by atoms with Gasteiger partial charge in [-0.25, -0.2) is 0 Å². The van der Waals surface area contributed by atoms with E-state index >= 15 is 0 Å². The van der Waals surface area contributed by atoms with Crippen molar-refractivity contribution in [2.24, 2.45) is 0 Å². The molecule has 2 rings (SSSR count). The Labute approximate surface area is 108 Å². The van der Waals surface area contributed by atoms with Gasteiger partial charge in [0, 0.05) is 26.2 Å². The van der Waals surface area contributed by atoms with E-state index in [0.717, 1.165) is 36.9 Å². The van der Waals surface area contributed by atoms with E-state index in [-0.39, 0.29) is 24.8 Å². The summed E-state index contributed by atoms with van der Waals surface area (Å²) >= 11 is 6.10. The standard InChI is InChI=1S/C10H13ClN2.2ClH/c11-9-3-1-2-4-10(9)13-7-5-12-6-8-13;;/h1-4,12H,5-8H2;2*1H. The lowest BCUT2D eigenvalue weighted by Gasteiger charge is -2.30. The minimum atomic E-state index is 0. The summed E-state index contributed by atoms with van der Waals surface area (Å²) in [5.74, 6) is 0. The molecular weight excluding hydrogens is 254 g/mol. The van der Waals surface area contributed by atoms with E-state index in [1.54, 1.807) is 0 Å². The van der Waals surface area contributed by atoms with Gasteiger partial charge in [0.1, 0.15) is 0 Å². The van der Waals surface area contributed by atoms with Gasteiger partial charge in [-0.15, -0.1) is 24.8 Å². The van der Waals surface area contributed by atoms with Crippen molar-refractivity contribution in [1.82, 2.24) is 5.32 Å². The van der Waals surface area contributed by atoms with Crippen LogP contribution in [0, 0.1) is 0 Å². The minimum absolute atomic E-state index is 0. The molecule has 1 aromatic carbocycles. The molecule has 1 saturated heterocycles. The van der Waals surface area contributed by atoms with Crippen LogP contribution in [-0.2, 0) is 0 Å². The van der Waals surface area contributed by atoms with Gasteiger partial charge in [0.2, 0.25) is 0 Å². The van der Waals surface area contributed by atoms with Crippen LogP contribution >= 0.6 is 36.4 Å². The van der Waals surface area contributed by atoms with Crippen molar-refractivity contribution in [2.75, 3.05) is 31.1 Å². The van der Waals surface area contributed by atoms with Crippen LogP contribution in [0.1, 0.15) is 0 Å². The topological polar surface area (TPSA) is 15.3 Å². The van der Waals surface area contributed by atoms with E-state index in [2.05, 4.69) is 16.3 Å². The Bertz CT molecular complexity index is 288. The number of anilines is 1. The van der Waals surface area contributed by atoms with Crippen molar-refractivity contribution < 1.29 is 0 Å². The largest absolute Gasteiger partial charge is 0.368 e. The molecule has 0 unspecified atom stereocenters. The minimum Gasteiger partial charge on any atom is -0.368 e. The first kappa shape index (κ1) is 14.8. The van der Waals surface area contributed by atoms with Crippen LogP contribution in [0.5, 0.6) is 0 Å².